The van der Waals surface area contributed by atoms with Crippen LogP contribution >= 0.6 is 11.3 Å². The van der Waals surface area contributed by atoms with Crippen LogP contribution in [-0.2, 0) is 11.8 Å². The fourth-order valence-electron chi connectivity index (χ4n) is 3.31. The van der Waals surface area contributed by atoms with Gasteiger partial charge in [0.1, 0.15) is 0 Å². The predicted molar refractivity (Wildman–Crippen MR) is 141 cm³/mol. The van der Waals surface area contributed by atoms with Crippen molar-refractivity contribution in [3.8, 4) is 11.3 Å². The summed E-state index contributed by atoms with van der Waals surface area (Å²) in [6, 6.07) is 9.70. The van der Waals surface area contributed by atoms with Crippen LogP contribution in [0.3, 0.4) is 0 Å². The molecule has 0 saturated heterocycles. The van der Waals surface area contributed by atoms with E-state index < -0.39 is 0 Å². The Hall–Kier alpha value is -3.71. The minimum absolute atomic E-state index is 0.129. The molecule has 0 bridgehead atoms. The van der Waals surface area contributed by atoms with Gasteiger partial charge in [0.2, 0.25) is 5.91 Å². The van der Waals surface area contributed by atoms with Crippen molar-refractivity contribution in [3.63, 3.8) is 0 Å². The zero-order chi connectivity index (χ0) is 24.5. The van der Waals surface area contributed by atoms with E-state index in [4.69, 9.17) is 0 Å². The number of hydrogen-bond acceptors (Lipinski definition) is 4. The average molecular weight is 475 g/mol. The predicted octanol–water partition coefficient (Wildman–Crippen LogP) is 5.83. The lowest BCUT2D eigenvalue weighted by Gasteiger charge is -2.04. The Morgan fingerprint density at radius 1 is 1.24 bits per heavy atom. The highest BCUT2D eigenvalue weighted by molar-refractivity contribution is 7.14. The summed E-state index contributed by atoms with van der Waals surface area (Å²) in [5.41, 5.74) is 5.50. The second kappa shape index (κ2) is 12.0. The summed E-state index contributed by atoms with van der Waals surface area (Å²) < 4.78 is 1.78. The van der Waals surface area contributed by atoms with Gasteiger partial charge in [-0.1, -0.05) is 61.9 Å². The van der Waals surface area contributed by atoms with E-state index in [1.807, 2.05) is 48.8 Å². The van der Waals surface area contributed by atoms with Crippen LogP contribution in [0, 0.1) is 0 Å². The molecule has 2 N–H and O–H groups in total. The smallest absolute Gasteiger partial charge is 0.253 e. The quantitative estimate of drug-likeness (QED) is 0.363. The van der Waals surface area contributed by atoms with E-state index in [0.717, 1.165) is 35.2 Å². The molecule has 176 valence electrons. The Labute approximate surface area is 204 Å². The second-order valence-electron chi connectivity index (χ2n) is 8.06. The van der Waals surface area contributed by atoms with E-state index in [0.29, 0.717) is 10.7 Å². The van der Waals surface area contributed by atoms with Gasteiger partial charge < -0.3 is 15.2 Å². The third kappa shape index (κ3) is 7.15. The third-order valence-corrected chi connectivity index (χ3v) is 5.86. The molecule has 2 aromatic heterocycles. The van der Waals surface area contributed by atoms with Gasteiger partial charge in [-0.15, -0.1) is 11.3 Å². The second-order valence-corrected chi connectivity index (χ2v) is 8.92. The zero-order valence-electron chi connectivity index (χ0n) is 19.8. The average Bonchev–Trinajstić information content (AvgIpc) is 3.47. The van der Waals surface area contributed by atoms with Crippen LogP contribution in [0.1, 0.15) is 42.6 Å². The molecule has 2 heterocycles. The van der Waals surface area contributed by atoms with Crippen molar-refractivity contribution in [2.45, 2.75) is 26.7 Å². The lowest BCUT2D eigenvalue weighted by atomic mass is 10.0. The van der Waals surface area contributed by atoms with Gasteiger partial charge in [0, 0.05) is 30.4 Å². The molecular weight excluding hydrogens is 444 g/mol. The lowest BCUT2D eigenvalue weighted by molar-refractivity contribution is -0.115. The summed E-state index contributed by atoms with van der Waals surface area (Å²) in [6.45, 7) is 8.35. The minimum Gasteiger partial charge on any atom is -0.356 e. The van der Waals surface area contributed by atoms with Gasteiger partial charge in [-0.2, -0.15) is 0 Å². The molecule has 7 heteroatoms. The lowest BCUT2D eigenvalue weighted by Crippen LogP contribution is -2.32. The first kappa shape index (κ1) is 24.9. The molecule has 0 unspecified atom stereocenters. The maximum Gasteiger partial charge on any atom is 0.253 e. The standard InChI is InChI=1S/C27H30N4O2S/c1-5-8-19(2)9-6-10-20(3)21-11-7-12-22(15-21)24-18-34-27(29-24)30-25(32)16-28-26(33)23-13-14-31(4)17-23/h6-7,9-15,17-18H,3,5,8,16H2,1-2,4H3,(H,28,33)(H,29,30,32)/b10-6-,19-9-. The molecular formula is C27H30N4O2S. The maximum absolute atomic E-state index is 12.2. The van der Waals surface area contributed by atoms with Gasteiger partial charge in [-0.25, -0.2) is 4.98 Å². The number of hydrogen-bond donors (Lipinski definition) is 2. The Morgan fingerprint density at radius 3 is 2.79 bits per heavy atom. The zero-order valence-corrected chi connectivity index (χ0v) is 20.6. The van der Waals surface area contributed by atoms with Crippen LogP contribution in [0.25, 0.3) is 16.8 Å². The number of amides is 2. The number of nitrogens with zero attached hydrogens (tertiary/aromatic N) is 2. The summed E-state index contributed by atoms with van der Waals surface area (Å²) >= 11 is 1.34. The van der Waals surface area contributed by atoms with Gasteiger partial charge in [-0.05, 0) is 36.6 Å². The summed E-state index contributed by atoms with van der Waals surface area (Å²) in [5, 5.41) is 7.73. The number of nitrogens with one attached hydrogen (secondary N) is 2. The number of allylic oxidation sites excluding steroid dienone is 5. The van der Waals surface area contributed by atoms with Gasteiger partial charge in [0.25, 0.3) is 5.91 Å². The van der Waals surface area contributed by atoms with Gasteiger partial charge in [-0.3, -0.25) is 9.59 Å². The summed E-state index contributed by atoms with van der Waals surface area (Å²) in [4.78, 5) is 28.9. The first-order chi connectivity index (χ1) is 16.4. The highest BCUT2D eigenvalue weighted by Gasteiger charge is 2.12. The van der Waals surface area contributed by atoms with Crippen molar-refractivity contribution in [2.24, 2.45) is 7.05 Å². The van der Waals surface area contributed by atoms with Crippen molar-refractivity contribution in [2.75, 3.05) is 11.9 Å². The fourth-order valence-corrected chi connectivity index (χ4v) is 4.04. The van der Waals surface area contributed by atoms with E-state index in [2.05, 4.69) is 42.1 Å². The molecule has 0 aliphatic carbocycles. The number of anilines is 1. The normalized spacial score (nSPS) is 11.6. The Morgan fingerprint density at radius 2 is 2.06 bits per heavy atom. The molecule has 0 saturated carbocycles. The number of carbonyl (C=O) groups is 2. The van der Waals surface area contributed by atoms with E-state index >= 15 is 0 Å². The van der Waals surface area contributed by atoms with Crippen molar-refractivity contribution < 1.29 is 9.59 Å². The summed E-state index contributed by atoms with van der Waals surface area (Å²) in [7, 11) is 1.83. The van der Waals surface area contributed by atoms with E-state index in [9.17, 15) is 9.59 Å². The first-order valence-corrected chi connectivity index (χ1v) is 12.0. The molecule has 0 radical (unpaired) electrons. The Kier molecular flexibility index (Phi) is 8.76. The summed E-state index contributed by atoms with van der Waals surface area (Å²) in [6.07, 6.45) is 11.9. The van der Waals surface area contributed by atoms with E-state index in [1.165, 1.54) is 16.9 Å². The SMILES string of the molecule is C=C(/C=C\C=C(\C)CCC)c1cccc(-c2csc(NC(=O)CNC(=O)c3ccn(C)c3)n2)c1. The molecule has 3 aromatic rings. The van der Waals surface area contributed by atoms with Crippen LogP contribution in [0.4, 0.5) is 5.13 Å². The molecule has 0 aliphatic heterocycles. The molecule has 3 rings (SSSR count). The van der Waals surface area contributed by atoms with Gasteiger partial charge >= 0.3 is 0 Å². The monoisotopic (exact) mass is 474 g/mol. The van der Waals surface area contributed by atoms with E-state index in [1.54, 1.807) is 23.0 Å². The number of rotatable bonds is 10. The van der Waals surface area contributed by atoms with Crippen LogP contribution < -0.4 is 10.6 Å². The minimum atomic E-state index is -0.330. The van der Waals surface area contributed by atoms with Crippen molar-refractivity contribution in [1.82, 2.24) is 14.9 Å². The van der Waals surface area contributed by atoms with Crippen LogP contribution in [0.2, 0.25) is 0 Å². The Balaban J connectivity index is 1.58. The number of aryl methyl sites for hydroxylation is 1. The molecule has 0 aliphatic rings. The Bertz CT molecular complexity index is 1230. The van der Waals surface area contributed by atoms with E-state index in [-0.39, 0.29) is 18.4 Å². The number of thiazole rings is 1. The van der Waals surface area contributed by atoms with Crippen molar-refractivity contribution >= 4 is 33.9 Å². The number of aromatic nitrogens is 2. The topological polar surface area (TPSA) is 76.0 Å². The molecule has 0 atom stereocenters. The number of carbonyl (C=O) groups excluding carboxylic acids is 2. The fraction of sp³-hybridized carbons (Fsp3) is 0.222. The molecule has 0 spiro atoms. The van der Waals surface area contributed by atoms with Crippen molar-refractivity contribution in [3.05, 3.63) is 89.6 Å². The molecule has 0 fully saturated rings. The third-order valence-electron chi connectivity index (χ3n) is 5.11. The van der Waals surface area contributed by atoms with Crippen LogP contribution in [-0.4, -0.2) is 27.9 Å². The molecule has 34 heavy (non-hydrogen) atoms. The maximum atomic E-state index is 12.2. The highest BCUT2D eigenvalue weighted by Crippen LogP contribution is 2.27. The summed E-state index contributed by atoms with van der Waals surface area (Å²) in [5.74, 6) is -0.624. The van der Waals surface area contributed by atoms with Gasteiger partial charge in [0.05, 0.1) is 17.8 Å². The molecule has 2 amide bonds. The van der Waals surface area contributed by atoms with Crippen LogP contribution in [0.5, 0.6) is 0 Å². The molecule has 6 nitrogen and oxygen atoms in total. The number of benzene rings is 1. The molecule has 1 aromatic carbocycles. The highest BCUT2D eigenvalue weighted by atomic mass is 32.1. The van der Waals surface area contributed by atoms with Crippen molar-refractivity contribution in [1.29, 1.82) is 0 Å². The van der Waals surface area contributed by atoms with Crippen LogP contribution in [0.15, 0.2) is 78.5 Å². The van der Waals surface area contributed by atoms with Gasteiger partial charge in [0.15, 0.2) is 5.13 Å². The first-order valence-electron chi connectivity index (χ1n) is 11.1. The largest absolute Gasteiger partial charge is 0.356 e.